The van der Waals surface area contributed by atoms with Crippen molar-refractivity contribution >= 4 is 105 Å². The Bertz CT molecular complexity index is 1030. The van der Waals surface area contributed by atoms with Crippen LogP contribution >= 0.6 is 31.7 Å². The van der Waals surface area contributed by atoms with Gasteiger partial charge in [0.05, 0.1) is 56.7 Å². The van der Waals surface area contributed by atoms with Crippen LogP contribution in [-0.2, 0) is 77.7 Å². The van der Waals surface area contributed by atoms with Crippen molar-refractivity contribution in [2.45, 2.75) is 6.16 Å². The third-order valence-electron chi connectivity index (χ3n) is 4.85. The molecule has 35 heavy (non-hydrogen) atoms. The smallest absolute Gasteiger partial charge is 0.0622 e. The van der Waals surface area contributed by atoms with E-state index >= 15 is 0 Å². The molecule has 0 aliphatic heterocycles. The van der Waals surface area contributed by atoms with E-state index in [1.165, 1.54) is 21.5 Å². The van der Waals surface area contributed by atoms with Crippen LogP contribution in [-0.4, -0.2) is 7.06 Å². The molecule has 4 aromatic carbocycles. The average molecular weight is 773 g/mol. The average Bonchev–Trinajstić information content (AvgIpc) is 2.84. The van der Waals surface area contributed by atoms with E-state index < -0.39 is 7.26 Å². The third-order valence-corrected chi connectivity index (χ3v) is 9.23. The van der Waals surface area contributed by atoms with Crippen LogP contribution in [0.2, 0.25) is 0 Å². The Balaban J connectivity index is 0.000000598. The van der Waals surface area contributed by atoms with Crippen LogP contribution in [0.5, 0.6) is 0 Å². The van der Waals surface area contributed by atoms with Gasteiger partial charge in [0.2, 0.25) is 0 Å². The molecule has 0 amide bonds. The van der Waals surface area contributed by atoms with Crippen LogP contribution < -0.4 is 15.9 Å². The minimum Gasteiger partial charge on any atom is -0.0622 e. The number of hydrogen-bond acceptors (Lipinski definition) is 2. The van der Waals surface area contributed by atoms with Crippen molar-refractivity contribution in [2.24, 2.45) is 0 Å². The van der Waals surface area contributed by atoms with E-state index in [4.69, 9.17) is 0 Å². The summed E-state index contributed by atoms with van der Waals surface area (Å²) in [5, 5.41) is 4.30. The van der Waals surface area contributed by atoms with Crippen molar-refractivity contribution in [1.82, 2.24) is 0 Å². The largest absolute Gasteiger partial charge is 2.00 e. The number of hydrogen-bond donors (Lipinski definition) is 0. The summed E-state index contributed by atoms with van der Waals surface area (Å²) in [5.41, 5.74) is 1.39. The summed E-state index contributed by atoms with van der Waals surface area (Å²) in [4.78, 5) is 0. The van der Waals surface area contributed by atoms with E-state index in [1.54, 1.807) is 0 Å². The van der Waals surface area contributed by atoms with Crippen molar-refractivity contribution in [3.05, 3.63) is 127 Å². The van der Waals surface area contributed by atoms with Gasteiger partial charge in [0.1, 0.15) is 23.2 Å². The summed E-state index contributed by atoms with van der Waals surface area (Å²) in [6, 6.07) is 44.0. The zero-order valence-corrected chi connectivity index (χ0v) is 27.6. The number of benzene rings is 4. The van der Waals surface area contributed by atoms with Crippen LogP contribution in [0.15, 0.2) is 121 Å². The van der Waals surface area contributed by atoms with Gasteiger partial charge < -0.3 is 0 Å². The molecule has 0 N–H and O–H groups in total. The van der Waals surface area contributed by atoms with Gasteiger partial charge in [0.15, 0.2) is 0 Å². The fourth-order valence-electron chi connectivity index (χ4n) is 3.63. The van der Waals surface area contributed by atoms with Gasteiger partial charge in [-0.05, 0) is 42.0 Å². The predicted octanol–water partition coefficient (Wildman–Crippen LogP) is 3.77. The second-order valence-corrected chi connectivity index (χ2v) is 15.9. The first-order valence-corrected chi connectivity index (χ1v) is 15.2. The zero-order valence-electron chi connectivity index (χ0n) is 18.8. The molecule has 0 saturated heterocycles. The first-order chi connectivity index (χ1) is 16.4. The predicted molar refractivity (Wildman–Crippen MR) is 181 cm³/mol. The Kier molecular flexibility index (Phi) is 16.7. The van der Waals surface area contributed by atoms with Gasteiger partial charge in [-0.15, -0.1) is 0 Å². The second-order valence-electron chi connectivity index (χ2n) is 7.12. The molecule has 0 aromatic heterocycles. The van der Waals surface area contributed by atoms with E-state index in [0.717, 1.165) is 6.16 Å². The summed E-state index contributed by atoms with van der Waals surface area (Å²) in [6.45, 7) is 0. The summed E-state index contributed by atoms with van der Waals surface area (Å²) >= 11 is 20.6. The van der Waals surface area contributed by atoms with Crippen LogP contribution in [0.3, 0.4) is 0 Å². The molecule has 0 aliphatic carbocycles. The Hall–Kier alpha value is -0.422. The summed E-state index contributed by atoms with van der Waals surface area (Å²) in [7, 11) is -1.78. The van der Waals surface area contributed by atoms with Crippen molar-refractivity contribution in [1.29, 1.82) is 0 Å². The molecule has 0 unspecified atom stereocenters. The molecule has 4 rings (SSSR count). The molecule has 0 nitrogen and oxygen atoms in total. The molecular formula is C27H30PPtS6+7. The van der Waals surface area contributed by atoms with E-state index in [2.05, 4.69) is 196 Å². The Labute approximate surface area is 257 Å². The molecule has 0 heterocycles. The molecule has 182 valence electrons. The number of rotatable bonds is 5. The van der Waals surface area contributed by atoms with Crippen LogP contribution in [0.25, 0.3) is 0 Å². The van der Waals surface area contributed by atoms with E-state index in [0.29, 0.717) is 7.06 Å². The Morgan fingerprint density at radius 3 is 0.971 bits per heavy atom. The van der Waals surface area contributed by atoms with Gasteiger partial charge in [-0.2, -0.15) is 0 Å². The van der Waals surface area contributed by atoms with Gasteiger partial charge in [0.25, 0.3) is 0 Å². The molecule has 0 fully saturated rings. The second kappa shape index (κ2) is 17.9. The van der Waals surface area contributed by atoms with Gasteiger partial charge in [-0.25, -0.2) is 0 Å². The van der Waals surface area contributed by atoms with Crippen molar-refractivity contribution < 1.29 is 21.1 Å². The zero-order chi connectivity index (χ0) is 24.8. The van der Waals surface area contributed by atoms with Crippen LogP contribution in [0.4, 0.5) is 0 Å². The molecule has 4 aromatic rings. The molecule has 0 bridgehead atoms. The molecule has 0 radical (unpaired) electrons. The van der Waals surface area contributed by atoms with Gasteiger partial charge in [-0.3, -0.25) is 0 Å². The first-order valence-electron chi connectivity index (χ1n) is 10.4. The van der Waals surface area contributed by atoms with E-state index in [1.807, 2.05) is 0 Å². The Morgan fingerprint density at radius 2 is 0.714 bits per heavy atom. The normalized spacial score (nSPS) is 9.83. The standard InChI is InChI=1S/C25H22P.2CH2S3.Pt/c1-5-13-22(14-6-1)21-26(23-15-7-2-8-16-23,24-17-9-3-10-18-24)25-19-11-4-12-20-25;2*2-1(3)4;/h1-20H,21H2;2*(H2,2,3,4);/q+1;;;+2/p+4. The summed E-state index contributed by atoms with van der Waals surface area (Å²) in [6.07, 6.45) is 1.03. The summed E-state index contributed by atoms with van der Waals surface area (Å²) in [5.74, 6) is 0. The van der Waals surface area contributed by atoms with Crippen molar-refractivity contribution in [2.75, 3.05) is 0 Å². The van der Waals surface area contributed by atoms with Gasteiger partial charge in [0, 0.05) is 24.4 Å². The fraction of sp³-hybridized carbons (Fsp3) is 0.0370. The maximum Gasteiger partial charge on any atom is 2.00 e. The first kappa shape index (κ1) is 32.6. The number of thiocarbonyl (C=S) groups is 2. The molecule has 0 spiro atoms. The molecular weight excluding hydrogens is 743 g/mol. The quantitative estimate of drug-likeness (QED) is 0.172. The maximum absolute atomic E-state index is 4.36. The van der Waals surface area contributed by atoms with Crippen molar-refractivity contribution in [3.8, 4) is 0 Å². The van der Waals surface area contributed by atoms with Crippen LogP contribution in [0, 0.1) is 0 Å². The van der Waals surface area contributed by atoms with E-state index in [-0.39, 0.29) is 21.1 Å². The monoisotopic (exact) mass is 772 g/mol. The summed E-state index contributed by atoms with van der Waals surface area (Å²) < 4.78 is 1.22. The van der Waals surface area contributed by atoms with Gasteiger partial charge >= 0.3 is 28.1 Å². The molecule has 8 heteroatoms. The Morgan fingerprint density at radius 1 is 0.486 bits per heavy atom. The molecule has 0 saturated carbocycles. The fourth-order valence-corrected chi connectivity index (χ4v) is 7.87. The topological polar surface area (TPSA) is 0 Å². The van der Waals surface area contributed by atoms with Gasteiger partial charge in [-0.1, -0.05) is 84.9 Å². The molecule has 0 aliphatic rings. The van der Waals surface area contributed by atoms with E-state index in [9.17, 15) is 0 Å². The van der Waals surface area contributed by atoms with Crippen LogP contribution in [0.1, 0.15) is 5.56 Å². The SMILES string of the molecule is S=C([SH2+])[SH2+].S=C([SH2+])[SH2+].[Pt+2].c1ccc(C[P+](c2ccccc2)(c2ccccc2)c2ccccc2)cc1. The minimum atomic E-state index is -1.78. The third kappa shape index (κ3) is 11.2. The maximum atomic E-state index is 4.36. The van der Waals surface area contributed by atoms with Crippen molar-refractivity contribution in [3.63, 3.8) is 0 Å². The minimum absolute atomic E-state index is 0. The molecule has 0 atom stereocenters.